The first-order valence-electron chi connectivity index (χ1n) is 7.35. The smallest absolute Gasteiger partial charge is 0.253 e. The highest BCUT2D eigenvalue weighted by molar-refractivity contribution is 6.18. The monoisotopic (exact) mass is 328 g/mol. The number of hydrogen-bond donors (Lipinski definition) is 2. The van der Waals surface area contributed by atoms with Crippen LogP contribution in [-0.4, -0.2) is 28.2 Å². The zero-order chi connectivity index (χ0) is 16.8. The van der Waals surface area contributed by atoms with Gasteiger partial charge in [-0.2, -0.15) is 0 Å². The molecule has 1 amide bonds. The number of hydrogen-bond acceptors (Lipinski definition) is 5. The molecule has 0 aliphatic carbocycles. The minimum atomic E-state index is -1.35. The number of carbonyl (C=O) groups is 2. The van der Waals surface area contributed by atoms with E-state index in [1.165, 1.54) is 6.07 Å². The third-order valence-corrected chi connectivity index (χ3v) is 4.33. The average molecular weight is 328 g/mol. The first kappa shape index (κ1) is 17.6. The highest BCUT2D eigenvalue weighted by atomic mass is 16.4. The van der Waals surface area contributed by atoms with Crippen molar-refractivity contribution in [1.82, 2.24) is 16.5 Å². The van der Waals surface area contributed by atoms with E-state index in [4.69, 9.17) is 0 Å². The number of aromatic nitrogens is 1. The lowest BCUT2D eigenvalue weighted by Gasteiger charge is -2.21. The van der Waals surface area contributed by atoms with Gasteiger partial charge in [0.15, 0.2) is 5.84 Å². The summed E-state index contributed by atoms with van der Waals surface area (Å²) in [6.07, 6.45) is 0. The van der Waals surface area contributed by atoms with E-state index in [1.54, 1.807) is 25.1 Å². The first-order chi connectivity index (χ1) is 10.8. The van der Waals surface area contributed by atoms with Crippen molar-refractivity contribution in [2.45, 2.75) is 26.3 Å². The van der Waals surface area contributed by atoms with Gasteiger partial charge in [-0.25, -0.2) is 9.98 Å². The molecule has 24 heavy (non-hydrogen) atoms. The number of rotatable bonds is 3. The van der Waals surface area contributed by atoms with Gasteiger partial charge in [0.05, 0.1) is 11.5 Å². The molecule has 0 saturated heterocycles. The quantitative estimate of drug-likeness (QED) is 0.878. The highest BCUT2D eigenvalue weighted by Crippen LogP contribution is 2.28. The van der Waals surface area contributed by atoms with Crippen LogP contribution in [-0.2, 0) is 4.79 Å². The molecule has 1 aromatic carbocycles. The maximum atomic E-state index is 12.2. The van der Waals surface area contributed by atoms with E-state index in [0.717, 1.165) is 0 Å². The Kier molecular flexibility index (Phi) is 4.40. The molecule has 5 N–H and O–H groups in total. The minimum absolute atomic E-state index is 0. The second kappa shape index (κ2) is 6.01. The van der Waals surface area contributed by atoms with Crippen molar-refractivity contribution in [2.75, 3.05) is 0 Å². The van der Waals surface area contributed by atoms with Gasteiger partial charge >= 0.3 is 0 Å². The molecule has 3 rings (SSSR count). The Morgan fingerprint density at radius 3 is 2.54 bits per heavy atom. The average Bonchev–Trinajstić information content (AvgIpc) is 2.82. The van der Waals surface area contributed by atoms with E-state index in [9.17, 15) is 14.7 Å². The number of aliphatic imine (C=N–C) groups is 1. The molecule has 0 bridgehead atoms. The normalized spacial score (nSPS) is 19.8. The van der Waals surface area contributed by atoms with Crippen molar-refractivity contribution >= 4 is 28.6 Å². The standard InChI is InChI=1S/C17H17N3O3.H3N/c1-9(2)17(3)16(23)19-14(20-17)13-11(15(21)22)8-10-6-4-5-7-12(10)18-13;/h4-9H,1-3H3,(H,21,22)(H,19,20,23);1H3/t17-;/m0./s1. The van der Waals surface area contributed by atoms with Gasteiger partial charge in [-0.1, -0.05) is 32.0 Å². The van der Waals surface area contributed by atoms with Crippen molar-refractivity contribution in [3.05, 3.63) is 41.6 Å². The van der Waals surface area contributed by atoms with Crippen molar-refractivity contribution in [3.63, 3.8) is 0 Å². The number of nitrogens with one attached hydrogen (secondary N) is 1. The second-order valence-corrected chi connectivity index (χ2v) is 6.08. The molecule has 0 unspecified atom stereocenters. The second-order valence-electron chi connectivity index (χ2n) is 6.08. The summed E-state index contributed by atoms with van der Waals surface area (Å²) in [6.45, 7) is 5.50. The Bertz CT molecular complexity index is 860. The Morgan fingerprint density at radius 1 is 1.29 bits per heavy atom. The van der Waals surface area contributed by atoms with Gasteiger partial charge in [0.1, 0.15) is 11.2 Å². The van der Waals surface area contributed by atoms with Crippen LogP contribution < -0.4 is 16.6 Å². The number of carboxylic acid groups (broad SMARTS) is 1. The van der Waals surface area contributed by atoms with Gasteiger partial charge in [-0.3, -0.25) is 4.79 Å². The zero-order valence-electron chi connectivity index (χ0n) is 14.1. The molecular formula is C17H20N4O3. The molecule has 0 fully saturated rings. The van der Waals surface area contributed by atoms with Gasteiger partial charge in [0.2, 0.25) is 0 Å². The lowest BCUT2D eigenvalue weighted by molar-refractivity contribution is -0.255. The fraction of sp³-hybridized carbons (Fsp3) is 0.294. The third kappa shape index (κ3) is 2.63. The van der Waals surface area contributed by atoms with Crippen molar-refractivity contribution < 1.29 is 14.7 Å². The summed E-state index contributed by atoms with van der Waals surface area (Å²) in [5, 5.41) is 14.8. The van der Waals surface area contributed by atoms with E-state index < -0.39 is 11.5 Å². The van der Waals surface area contributed by atoms with E-state index in [1.807, 2.05) is 19.9 Å². The molecule has 1 aromatic heterocycles. The Hall–Kier alpha value is -2.80. The summed E-state index contributed by atoms with van der Waals surface area (Å²) in [7, 11) is 0. The van der Waals surface area contributed by atoms with E-state index in [-0.39, 0.29) is 35.1 Å². The van der Waals surface area contributed by atoms with Gasteiger partial charge in [-0.05, 0) is 25.0 Å². The van der Waals surface area contributed by atoms with E-state index >= 15 is 0 Å². The molecule has 2 aromatic rings. The molecule has 7 heteroatoms. The Morgan fingerprint density at radius 2 is 1.96 bits per heavy atom. The van der Waals surface area contributed by atoms with Crippen LogP contribution in [0.15, 0.2) is 35.3 Å². The predicted octanol–water partition coefficient (Wildman–Crippen LogP) is 1.27. The molecule has 1 aliphatic heterocycles. The molecule has 0 saturated carbocycles. The van der Waals surface area contributed by atoms with Crippen LogP contribution in [0.4, 0.5) is 0 Å². The fourth-order valence-corrected chi connectivity index (χ4v) is 2.50. The van der Waals surface area contributed by atoms with E-state index in [2.05, 4.69) is 15.3 Å². The summed E-state index contributed by atoms with van der Waals surface area (Å²) in [5.74, 6) is -1.47. The fourth-order valence-electron chi connectivity index (χ4n) is 2.50. The predicted molar refractivity (Wildman–Crippen MR) is 90.0 cm³/mol. The molecule has 1 atom stereocenters. The summed E-state index contributed by atoms with van der Waals surface area (Å²) in [4.78, 5) is 32.5. The summed E-state index contributed by atoms with van der Waals surface area (Å²) >= 11 is 0. The summed E-state index contributed by atoms with van der Waals surface area (Å²) < 4.78 is 0. The van der Waals surface area contributed by atoms with Crippen LogP contribution in [0.3, 0.4) is 0 Å². The van der Waals surface area contributed by atoms with Gasteiger partial charge in [0.25, 0.3) is 5.91 Å². The maximum absolute atomic E-state index is 12.2. The van der Waals surface area contributed by atoms with Gasteiger partial charge < -0.3 is 21.4 Å². The number of carboxylic acids is 1. The maximum Gasteiger partial charge on any atom is 0.253 e. The Balaban J connectivity index is 0.00000208. The molecule has 1 aliphatic rings. The number of quaternary nitrogens is 1. The SMILES string of the molecule is CC(C)[C@]1(C)N=C(c2nc3ccccc3cc2C(=O)[O-])NC1=O.[NH4+]. The largest absolute Gasteiger partial charge is 0.545 e. The number of para-hydroxylation sites is 1. The lowest BCUT2D eigenvalue weighted by atomic mass is 9.89. The number of fused-ring (bicyclic) bond motifs is 1. The van der Waals surface area contributed by atoms with Crippen LogP contribution >= 0.6 is 0 Å². The van der Waals surface area contributed by atoms with Crippen molar-refractivity contribution in [2.24, 2.45) is 10.9 Å². The molecule has 2 heterocycles. The number of carbonyl (C=O) groups excluding carboxylic acids is 2. The van der Waals surface area contributed by atoms with E-state index in [0.29, 0.717) is 10.9 Å². The molecular weight excluding hydrogens is 308 g/mol. The summed E-state index contributed by atoms with van der Waals surface area (Å²) in [5.41, 5.74) is -0.272. The first-order valence-corrected chi connectivity index (χ1v) is 7.35. The molecule has 0 spiro atoms. The molecule has 126 valence electrons. The number of pyridine rings is 1. The Labute approximate surface area is 139 Å². The van der Waals surface area contributed by atoms with Crippen molar-refractivity contribution in [1.29, 1.82) is 0 Å². The van der Waals surface area contributed by atoms with Crippen LogP contribution in [0.25, 0.3) is 10.9 Å². The number of aromatic carboxylic acids is 1. The third-order valence-electron chi connectivity index (χ3n) is 4.33. The van der Waals surface area contributed by atoms with Gasteiger partial charge in [0, 0.05) is 10.9 Å². The number of nitrogens with zero attached hydrogens (tertiary/aromatic N) is 2. The van der Waals surface area contributed by atoms with Crippen LogP contribution in [0, 0.1) is 5.92 Å². The van der Waals surface area contributed by atoms with Gasteiger partial charge in [-0.15, -0.1) is 0 Å². The minimum Gasteiger partial charge on any atom is -0.545 e. The summed E-state index contributed by atoms with van der Waals surface area (Å²) in [6, 6.07) is 8.65. The number of amides is 1. The molecule has 7 nitrogen and oxygen atoms in total. The highest BCUT2D eigenvalue weighted by Gasteiger charge is 2.42. The lowest BCUT2D eigenvalue weighted by Crippen LogP contribution is -2.41. The number of amidine groups is 1. The van der Waals surface area contributed by atoms with Crippen molar-refractivity contribution in [3.8, 4) is 0 Å². The number of benzene rings is 1. The van der Waals surface area contributed by atoms with Crippen LogP contribution in [0.5, 0.6) is 0 Å². The van der Waals surface area contributed by atoms with Crippen LogP contribution in [0.1, 0.15) is 36.8 Å². The zero-order valence-corrected chi connectivity index (χ0v) is 14.1. The molecule has 0 radical (unpaired) electrons. The topological polar surface area (TPSA) is 131 Å². The van der Waals surface area contributed by atoms with Crippen LogP contribution in [0.2, 0.25) is 0 Å².